The zero-order valence-corrected chi connectivity index (χ0v) is 13.2. The van der Waals surface area contributed by atoms with Crippen molar-refractivity contribution in [2.24, 2.45) is 0 Å². The number of fused-ring (bicyclic) bond motifs is 1. The van der Waals surface area contributed by atoms with E-state index in [-0.39, 0.29) is 46.3 Å². The van der Waals surface area contributed by atoms with Crippen molar-refractivity contribution in [3.8, 4) is 23.0 Å². The predicted molar refractivity (Wildman–Crippen MR) is 85.2 cm³/mol. The molecule has 0 saturated heterocycles. The van der Waals surface area contributed by atoms with Gasteiger partial charge in [0.05, 0.1) is 19.1 Å². The normalized spacial score (nSPS) is 16.2. The minimum atomic E-state index is -0.664. The topological polar surface area (TPSA) is 93.1 Å². The number of rotatable bonds is 3. The highest BCUT2D eigenvalue weighted by Gasteiger charge is 2.35. The minimum Gasteiger partial charge on any atom is -0.508 e. The maximum atomic E-state index is 12.5. The Morgan fingerprint density at radius 2 is 2.08 bits per heavy atom. The Hall–Kier alpha value is -3.02. The number of Topliss-reactive ketones (excluding diaryl/α,β-unsaturated/α-hetero) is 1. The van der Waals surface area contributed by atoms with Gasteiger partial charge >= 0.3 is 0 Å². The van der Waals surface area contributed by atoms with Gasteiger partial charge in [0.2, 0.25) is 0 Å². The minimum absolute atomic E-state index is 0.00587. The summed E-state index contributed by atoms with van der Waals surface area (Å²) in [4.78, 5) is 24.1. The molecule has 1 aliphatic rings. The number of hydrogen-bond acceptors (Lipinski definition) is 6. The lowest BCUT2D eigenvalue weighted by Crippen LogP contribution is -2.22. The molecule has 3 rings (SSSR count). The number of methoxy groups -OCH3 is 1. The van der Waals surface area contributed by atoms with E-state index in [9.17, 15) is 19.8 Å². The van der Waals surface area contributed by atoms with E-state index in [1.165, 1.54) is 19.2 Å². The van der Waals surface area contributed by atoms with E-state index < -0.39 is 6.10 Å². The number of ether oxygens (including phenoxy) is 2. The summed E-state index contributed by atoms with van der Waals surface area (Å²) in [5, 5.41) is 19.9. The number of benzene rings is 2. The molecule has 0 bridgehead atoms. The zero-order valence-electron chi connectivity index (χ0n) is 13.2. The maximum absolute atomic E-state index is 12.5. The second-order valence-corrected chi connectivity index (χ2v) is 5.57. The molecule has 24 heavy (non-hydrogen) atoms. The van der Waals surface area contributed by atoms with Gasteiger partial charge in [-0.3, -0.25) is 9.59 Å². The van der Waals surface area contributed by atoms with Crippen LogP contribution in [0.2, 0.25) is 0 Å². The summed E-state index contributed by atoms with van der Waals surface area (Å²) in [7, 11) is 1.37. The molecule has 1 unspecified atom stereocenters. The monoisotopic (exact) mass is 328 g/mol. The standard InChI is InChI=1S/C18H16O6/c1-9-16(22)15-13(21)7-14(10-4-3-5-11(20)6-10)24-18(15)12(8-19)17(9)23-2/h3-6,8,14,20,22H,7H2,1-2H3. The van der Waals surface area contributed by atoms with Gasteiger partial charge in [-0.05, 0) is 24.6 Å². The van der Waals surface area contributed by atoms with Gasteiger partial charge in [-0.1, -0.05) is 12.1 Å². The average Bonchev–Trinajstić information content (AvgIpc) is 2.57. The van der Waals surface area contributed by atoms with Crippen LogP contribution in [-0.2, 0) is 0 Å². The number of carbonyl (C=O) groups excluding carboxylic acids is 2. The van der Waals surface area contributed by atoms with Gasteiger partial charge in [0.25, 0.3) is 0 Å². The largest absolute Gasteiger partial charge is 0.508 e. The first-order valence-electron chi connectivity index (χ1n) is 7.35. The quantitative estimate of drug-likeness (QED) is 0.842. The molecule has 6 heteroatoms. The van der Waals surface area contributed by atoms with E-state index >= 15 is 0 Å². The summed E-state index contributed by atoms with van der Waals surface area (Å²) in [5.74, 6) is -0.350. The molecule has 0 aliphatic carbocycles. The van der Waals surface area contributed by atoms with Crippen molar-refractivity contribution in [2.45, 2.75) is 19.4 Å². The average molecular weight is 328 g/mol. The number of ketones is 1. The molecular formula is C18H16O6. The Kier molecular flexibility index (Phi) is 3.89. The van der Waals surface area contributed by atoms with E-state index in [1.807, 2.05) is 0 Å². The van der Waals surface area contributed by atoms with Gasteiger partial charge in [-0.25, -0.2) is 0 Å². The first-order valence-corrected chi connectivity index (χ1v) is 7.35. The predicted octanol–water partition coefficient (Wildman–Crippen LogP) is 2.93. The second kappa shape index (κ2) is 5.88. The summed E-state index contributed by atoms with van der Waals surface area (Å²) in [5.41, 5.74) is 0.990. The fourth-order valence-corrected chi connectivity index (χ4v) is 2.96. The first kappa shape index (κ1) is 15.9. The molecule has 1 atom stereocenters. The van der Waals surface area contributed by atoms with Crippen molar-refractivity contribution in [1.29, 1.82) is 0 Å². The molecule has 0 fully saturated rings. The summed E-state index contributed by atoms with van der Waals surface area (Å²) in [6.07, 6.45) is -0.126. The van der Waals surface area contributed by atoms with E-state index in [0.29, 0.717) is 17.4 Å². The highest BCUT2D eigenvalue weighted by atomic mass is 16.5. The molecule has 1 heterocycles. The van der Waals surface area contributed by atoms with Crippen LogP contribution in [0, 0.1) is 6.92 Å². The molecule has 124 valence electrons. The van der Waals surface area contributed by atoms with Gasteiger partial charge in [-0.15, -0.1) is 0 Å². The summed E-state index contributed by atoms with van der Waals surface area (Å²) in [6, 6.07) is 6.36. The summed E-state index contributed by atoms with van der Waals surface area (Å²) >= 11 is 0. The molecule has 0 amide bonds. The number of aldehydes is 1. The van der Waals surface area contributed by atoms with Crippen LogP contribution in [0.4, 0.5) is 0 Å². The van der Waals surface area contributed by atoms with Crippen LogP contribution in [-0.4, -0.2) is 29.4 Å². The Morgan fingerprint density at radius 1 is 1.33 bits per heavy atom. The van der Waals surface area contributed by atoms with E-state index in [2.05, 4.69) is 0 Å². The lowest BCUT2D eigenvalue weighted by Gasteiger charge is -2.28. The highest BCUT2D eigenvalue weighted by molar-refractivity contribution is 6.06. The molecule has 0 spiro atoms. The number of phenols is 2. The van der Waals surface area contributed by atoms with Gasteiger partial charge in [-0.2, -0.15) is 0 Å². The molecule has 6 nitrogen and oxygen atoms in total. The fourth-order valence-electron chi connectivity index (χ4n) is 2.96. The Balaban J connectivity index is 2.18. The lowest BCUT2D eigenvalue weighted by atomic mass is 9.91. The molecule has 0 saturated carbocycles. The van der Waals surface area contributed by atoms with E-state index in [4.69, 9.17) is 9.47 Å². The Morgan fingerprint density at radius 3 is 2.71 bits per heavy atom. The number of hydrogen-bond donors (Lipinski definition) is 2. The van der Waals surface area contributed by atoms with E-state index in [1.54, 1.807) is 19.1 Å². The zero-order chi connectivity index (χ0) is 17.4. The molecular weight excluding hydrogens is 312 g/mol. The summed E-state index contributed by atoms with van der Waals surface area (Å²) < 4.78 is 11.0. The first-order chi connectivity index (χ1) is 11.5. The van der Waals surface area contributed by atoms with Crippen LogP contribution in [0.15, 0.2) is 24.3 Å². The van der Waals surface area contributed by atoms with Crippen molar-refractivity contribution < 1.29 is 29.3 Å². The highest BCUT2D eigenvalue weighted by Crippen LogP contribution is 2.47. The molecule has 2 aromatic rings. The van der Waals surface area contributed by atoms with Crippen LogP contribution in [0.5, 0.6) is 23.0 Å². The van der Waals surface area contributed by atoms with Crippen molar-refractivity contribution in [3.05, 3.63) is 46.5 Å². The van der Waals surface area contributed by atoms with Crippen LogP contribution in [0.3, 0.4) is 0 Å². The van der Waals surface area contributed by atoms with Crippen molar-refractivity contribution in [3.63, 3.8) is 0 Å². The molecule has 2 N–H and O–H groups in total. The van der Waals surface area contributed by atoms with Crippen LogP contribution >= 0.6 is 0 Å². The molecule has 1 aliphatic heterocycles. The van der Waals surface area contributed by atoms with Crippen LogP contribution < -0.4 is 9.47 Å². The van der Waals surface area contributed by atoms with Crippen molar-refractivity contribution >= 4 is 12.1 Å². The smallest absolute Gasteiger partial charge is 0.174 e. The molecule has 0 aromatic heterocycles. The van der Waals surface area contributed by atoms with Gasteiger partial charge < -0.3 is 19.7 Å². The fraction of sp³-hybridized carbons (Fsp3) is 0.222. The molecule has 2 aromatic carbocycles. The maximum Gasteiger partial charge on any atom is 0.174 e. The van der Waals surface area contributed by atoms with Gasteiger partial charge in [0.1, 0.15) is 34.7 Å². The number of aromatic hydroxyl groups is 2. The van der Waals surface area contributed by atoms with Crippen molar-refractivity contribution in [1.82, 2.24) is 0 Å². The third-order valence-electron chi connectivity index (χ3n) is 4.12. The summed E-state index contributed by atoms with van der Waals surface area (Å²) in [6.45, 7) is 1.57. The third kappa shape index (κ3) is 2.36. The lowest BCUT2D eigenvalue weighted by molar-refractivity contribution is 0.0841. The number of carbonyl (C=O) groups is 2. The third-order valence-corrected chi connectivity index (χ3v) is 4.12. The second-order valence-electron chi connectivity index (χ2n) is 5.57. The number of phenolic OH excluding ortho intramolecular Hbond substituents is 2. The Labute approximate surface area is 138 Å². The van der Waals surface area contributed by atoms with Crippen molar-refractivity contribution in [2.75, 3.05) is 7.11 Å². The van der Waals surface area contributed by atoms with Gasteiger partial charge in [0, 0.05) is 5.56 Å². The Bertz CT molecular complexity index is 840. The SMILES string of the molecule is COc1c(C)c(O)c2c(c1C=O)OC(c1cccc(O)c1)CC2=O. The van der Waals surface area contributed by atoms with Crippen LogP contribution in [0.25, 0.3) is 0 Å². The van der Waals surface area contributed by atoms with Gasteiger partial charge in [0.15, 0.2) is 12.1 Å². The van der Waals surface area contributed by atoms with Crippen LogP contribution in [0.1, 0.15) is 44.4 Å². The molecule has 0 radical (unpaired) electrons. The van der Waals surface area contributed by atoms with E-state index in [0.717, 1.165) is 0 Å².